The summed E-state index contributed by atoms with van der Waals surface area (Å²) in [5.41, 5.74) is 0. The van der Waals surface area contributed by atoms with E-state index in [2.05, 4.69) is 4.18 Å². The van der Waals surface area contributed by atoms with E-state index >= 15 is 0 Å². The summed E-state index contributed by atoms with van der Waals surface area (Å²) in [4.78, 5) is 0. The minimum absolute atomic E-state index is 0.306. The van der Waals surface area contributed by atoms with Crippen molar-refractivity contribution in [2.45, 2.75) is 25.4 Å². The van der Waals surface area contributed by atoms with E-state index in [4.69, 9.17) is 0 Å². The fourth-order valence-corrected chi connectivity index (χ4v) is 1.62. The van der Waals surface area contributed by atoms with Crippen LogP contribution in [0.15, 0.2) is 0 Å². The van der Waals surface area contributed by atoms with Crippen LogP contribution in [0.3, 0.4) is 0 Å². The van der Waals surface area contributed by atoms with Crippen molar-refractivity contribution in [1.29, 1.82) is 0 Å². The zero-order valence-corrected chi connectivity index (χ0v) is 8.46. The summed E-state index contributed by atoms with van der Waals surface area (Å²) >= 11 is 0. The number of hydrogen-bond acceptors (Lipinski definition) is 3. The summed E-state index contributed by atoms with van der Waals surface area (Å²) in [6.45, 7) is 0.972. The Bertz CT molecular complexity index is 294. The molecule has 0 bridgehead atoms. The summed E-state index contributed by atoms with van der Waals surface area (Å²) < 4.78 is 84.7. The molecule has 9 heteroatoms. The monoisotopic (exact) mass is 256 g/mol. The van der Waals surface area contributed by atoms with Crippen LogP contribution in [-0.4, -0.2) is 32.9 Å². The Morgan fingerprint density at radius 3 is 1.93 bits per heavy atom. The third kappa shape index (κ3) is 4.74. The van der Waals surface area contributed by atoms with Crippen LogP contribution in [-0.2, 0) is 14.3 Å². The molecule has 0 saturated carbocycles. The van der Waals surface area contributed by atoms with Gasteiger partial charge in [-0.25, -0.2) is 0 Å². The highest BCUT2D eigenvalue weighted by atomic mass is 32.2. The maximum Gasteiger partial charge on any atom is 0.453 e. The molecule has 0 radical (unpaired) electrons. The lowest BCUT2D eigenvalue weighted by atomic mass is 10.2. The summed E-state index contributed by atoms with van der Waals surface area (Å²) in [6, 6.07) is 0. The largest absolute Gasteiger partial charge is 0.453 e. The van der Waals surface area contributed by atoms with Gasteiger partial charge in [0.1, 0.15) is 0 Å². The van der Waals surface area contributed by atoms with Crippen molar-refractivity contribution in [2.24, 2.45) is 0 Å². The Hall–Kier alpha value is -0.440. The molecule has 0 fully saturated rings. The summed E-state index contributed by atoms with van der Waals surface area (Å²) in [5, 5.41) is 0. The molecule has 0 aromatic rings. The number of rotatable bonds is 5. The number of hydrogen-bond donors (Lipinski definition) is 0. The van der Waals surface area contributed by atoms with Gasteiger partial charge in [-0.05, 0) is 6.92 Å². The molecule has 0 atom stereocenters. The molecule has 0 N–H and O–H groups in total. The molecule has 92 valence electrons. The Kier molecular flexibility index (Phi) is 4.47. The molecule has 0 heterocycles. The van der Waals surface area contributed by atoms with Crippen molar-refractivity contribution >= 4 is 10.1 Å². The number of halogens is 5. The summed E-state index contributed by atoms with van der Waals surface area (Å²) in [6.07, 6.45) is -7.58. The zero-order chi connectivity index (χ0) is 12.3. The van der Waals surface area contributed by atoms with E-state index in [1.54, 1.807) is 0 Å². The minimum Gasteiger partial charge on any atom is -0.270 e. The molecule has 15 heavy (non-hydrogen) atoms. The van der Waals surface area contributed by atoms with Gasteiger partial charge in [0.05, 0.1) is 12.4 Å². The lowest BCUT2D eigenvalue weighted by Crippen LogP contribution is -2.38. The topological polar surface area (TPSA) is 43.4 Å². The van der Waals surface area contributed by atoms with E-state index < -0.39 is 34.4 Å². The SMILES string of the molecule is CCOS(=O)(=O)CCC(F)(F)C(F)(F)F. The van der Waals surface area contributed by atoms with Gasteiger partial charge in [0.15, 0.2) is 0 Å². The van der Waals surface area contributed by atoms with Gasteiger partial charge in [-0.1, -0.05) is 0 Å². The van der Waals surface area contributed by atoms with Gasteiger partial charge < -0.3 is 0 Å². The molecule has 0 spiro atoms. The standard InChI is InChI=1S/C6H9F5O3S/c1-2-14-15(12,13)4-3-5(7,8)6(9,10)11/h2-4H2,1H3. The average molecular weight is 256 g/mol. The van der Waals surface area contributed by atoms with Gasteiger partial charge in [0.2, 0.25) is 0 Å². The predicted octanol–water partition coefficient (Wildman–Crippen LogP) is 1.94. The lowest BCUT2D eigenvalue weighted by molar-refractivity contribution is -0.282. The Morgan fingerprint density at radius 2 is 1.60 bits per heavy atom. The number of alkyl halides is 5. The van der Waals surface area contributed by atoms with Crippen LogP contribution < -0.4 is 0 Å². The third-order valence-electron chi connectivity index (χ3n) is 1.38. The average Bonchev–Trinajstić information content (AvgIpc) is 1.99. The zero-order valence-electron chi connectivity index (χ0n) is 7.64. The Morgan fingerprint density at radius 1 is 1.13 bits per heavy atom. The normalized spacial score (nSPS) is 14.3. The molecule has 0 amide bonds. The second-order valence-electron chi connectivity index (χ2n) is 2.62. The Balaban J connectivity index is 4.40. The van der Waals surface area contributed by atoms with Crippen molar-refractivity contribution in [3.05, 3.63) is 0 Å². The highest BCUT2D eigenvalue weighted by Gasteiger charge is 2.57. The van der Waals surface area contributed by atoms with Crippen LogP contribution in [0.1, 0.15) is 13.3 Å². The molecule has 3 nitrogen and oxygen atoms in total. The first-order chi connectivity index (χ1) is 6.52. The van der Waals surface area contributed by atoms with Crippen molar-refractivity contribution < 1.29 is 34.6 Å². The molecule has 0 saturated heterocycles. The van der Waals surface area contributed by atoms with Gasteiger partial charge >= 0.3 is 12.1 Å². The quantitative estimate of drug-likeness (QED) is 0.557. The molecule has 0 aromatic carbocycles. The summed E-state index contributed by atoms with van der Waals surface area (Å²) in [5.74, 6) is -6.38. The van der Waals surface area contributed by atoms with E-state index in [0.29, 0.717) is 0 Å². The Labute approximate surface area is 83.3 Å². The van der Waals surface area contributed by atoms with Gasteiger partial charge in [-0.2, -0.15) is 30.4 Å². The van der Waals surface area contributed by atoms with E-state index in [0.717, 1.165) is 0 Å². The first kappa shape index (κ1) is 14.6. The molecular formula is C6H9F5O3S. The van der Waals surface area contributed by atoms with E-state index in [-0.39, 0.29) is 6.61 Å². The highest BCUT2D eigenvalue weighted by molar-refractivity contribution is 7.86. The summed E-state index contributed by atoms with van der Waals surface area (Å²) in [7, 11) is -4.31. The second-order valence-corrected chi connectivity index (χ2v) is 4.38. The van der Waals surface area contributed by atoms with Gasteiger partial charge in [0.25, 0.3) is 10.1 Å². The molecular weight excluding hydrogens is 247 g/mol. The van der Waals surface area contributed by atoms with Gasteiger partial charge in [0, 0.05) is 6.42 Å². The lowest BCUT2D eigenvalue weighted by Gasteiger charge is -2.18. The third-order valence-corrected chi connectivity index (χ3v) is 2.68. The maximum absolute atomic E-state index is 12.3. The van der Waals surface area contributed by atoms with Crippen LogP contribution in [0.4, 0.5) is 22.0 Å². The van der Waals surface area contributed by atoms with E-state index in [1.165, 1.54) is 6.92 Å². The maximum atomic E-state index is 12.3. The van der Waals surface area contributed by atoms with Crippen LogP contribution in [0, 0.1) is 0 Å². The van der Waals surface area contributed by atoms with Crippen LogP contribution >= 0.6 is 0 Å². The molecule has 0 unspecified atom stereocenters. The minimum atomic E-state index is -5.74. The van der Waals surface area contributed by atoms with Crippen molar-refractivity contribution in [3.63, 3.8) is 0 Å². The van der Waals surface area contributed by atoms with Gasteiger partial charge in [-0.3, -0.25) is 4.18 Å². The van der Waals surface area contributed by atoms with Crippen LogP contribution in [0.2, 0.25) is 0 Å². The molecule has 0 rings (SSSR count). The van der Waals surface area contributed by atoms with E-state index in [1.807, 2.05) is 0 Å². The predicted molar refractivity (Wildman–Crippen MR) is 41.0 cm³/mol. The fourth-order valence-electron chi connectivity index (χ4n) is 0.633. The molecule has 0 aromatic heterocycles. The first-order valence-corrected chi connectivity index (χ1v) is 5.41. The fraction of sp³-hybridized carbons (Fsp3) is 1.00. The van der Waals surface area contributed by atoms with E-state index in [9.17, 15) is 30.4 Å². The van der Waals surface area contributed by atoms with Crippen molar-refractivity contribution in [3.8, 4) is 0 Å². The second kappa shape index (κ2) is 4.60. The van der Waals surface area contributed by atoms with Crippen molar-refractivity contribution in [1.82, 2.24) is 0 Å². The highest BCUT2D eigenvalue weighted by Crippen LogP contribution is 2.38. The molecule has 0 aliphatic carbocycles. The molecule has 0 aliphatic rings. The van der Waals surface area contributed by atoms with Crippen LogP contribution in [0.5, 0.6) is 0 Å². The first-order valence-electron chi connectivity index (χ1n) is 3.83. The smallest absolute Gasteiger partial charge is 0.270 e. The van der Waals surface area contributed by atoms with Gasteiger partial charge in [-0.15, -0.1) is 0 Å². The van der Waals surface area contributed by atoms with Crippen LogP contribution in [0.25, 0.3) is 0 Å². The molecule has 0 aliphatic heterocycles. The van der Waals surface area contributed by atoms with Crippen molar-refractivity contribution in [2.75, 3.05) is 12.4 Å².